The third kappa shape index (κ3) is 2.43. The van der Waals surface area contributed by atoms with Crippen molar-refractivity contribution in [3.05, 3.63) is 47.0 Å². The maximum absolute atomic E-state index is 12.5. The van der Waals surface area contributed by atoms with Crippen molar-refractivity contribution in [2.24, 2.45) is 0 Å². The van der Waals surface area contributed by atoms with E-state index in [4.69, 9.17) is 11.6 Å². The summed E-state index contributed by atoms with van der Waals surface area (Å²) in [6.45, 7) is 1.92. The average Bonchev–Trinajstić information content (AvgIpc) is 2.46. The van der Waals surface area contributed by atoms with Gasteiger partial charge in [-0.05, 0) is 48.7 Å². The van der Waals surface area contributed by atoms with Crippen molar-refractivity contribution >= 4 is 41.0 Å². The number of amides is 2. The van der Waals surface area contributed by atoms with Gasteiger partial charge in [0, 0.05) is 18.1 Å². The predicted octanol–water partition coefficient (Wildman–Crippen LogP) is 4.44. The standard InChI is InChI=1S/C15H13ClN2O2S/c1-9-3-4-10(7-12(9)16)18-15(20)17(2)13-8-11(19)5-6-14(13)21-18/h3-8,19H,1-2H3. The first-order valence-corrected chi connectivity index (χ1v) is 7.47. The largest absolute Gasteiger partial charge is 0.508 e. The molecule has 6 heteroatoms. The van der Waals surface area contributed by atoms with E-state index in [1.807, 2.05) is 19.1 Å². The van der Waals surface area contributed by atoms with Gasteiger partial charge < -0.3 is 5.11 Å². The molecule has 0 aromatic heterocycles. The molecule has 0 saturated heterocycles. The quantitative estimate of drug-likeness (QED) is 0.790. The number of fused-ring (bicyclic) bond motifs is 1. The van der Waals surface area contributed by atoms with Crippen LogP contribution in [0.1, 0.15) is 5.56 Å². The third-order valence-electron chi connectivity index (χ3n) is 3.34. The summed E-state index contributed by atoms with van der Waals surface area (Å²) in [7, 11) is 1.68. The molecule has 0 radical (unpaired) electrons. The summed E-state index contributed by atoms with van der Waals surface area (Å²) in [6.07, 6.45) is 0. The highest BCUT2D eigenvalue weighted by Crippen LogP contribution is 2.42. The van der Waals surface area contributed by atoms with E-state index in [2.05, 4.69) is 0 Å². The number of nitrogens with zero attached hydrogens (tertiary/aromatic N) is 2. The van der Waals surface area contributed by atoms with Gasteiger partial charge in [0.1, 0.15) is 5.75 Å². The molecule has 0 bridgehead atoms. The molecule has 2 amide bonds. The Balaban J connectivity index is 2.04. The van der Waals surface area contributed by atoms with E-state index in [9.17, 15) is 9.90 Å². The van der Waals surface area contributed by atoms with Gasteiger partial charge in [0.2, 0.25) is 0 Å². The van der Waals surface area contributed by atoms with E-state index < -0.39 is 0 Å². The van der Waals surface area contributed by atoms with Crippen molar-refractivity contribution in [3.8, 4) is 5.75 Å². The summed E-state index contributed by atoms with van der Waals surface area (Å²) in [6, 6.07) is 10.3. The summed E-state index contributed by atoms with van der Waals surface area (Å²) in [5.41, 5.74) is 2.39. The second-order valence-corrected chi connectivity index (χ2v) is 6.21. The topological polar surface area (TPSA) is 43.8 Å². The molecule has 3 rings (SSSR count). The summed E-state index contributed by atoms with van der Waals surface area (Å²) in [4.78, 5) is 14.9. The number of carbonyl (C=O) groups is 1. The smallest absolute Gasteiger partial charge is 0.339 e. The summed E-state index contributed by atoms with van der Waals surface area (Å²) in [5.74, 6) is 0.140. The lowest BCUT2D eigenvalue weighted by Crippen LogP contribution is -2.40. The number of carbonyl (C=O) groups excluding carboxylic acids is 1. The van der Waals surface area contributed by atoms with Gasteiger partial charge in [-0.3, -0.25) is 4.90 Å². The highest BCUT2D eigenvalue weighted by atomic mass is 35.5. The summed E-state index contributed by atoms with van der Waals surface area (Å²) < 4.78 is 1.59. The van der Waals surface area contributed by atoms with Gasteiger partial charge in [-0.15, -0.1) is 0 Å². The Bertz CT molecular complexity index is 736. The third-order valence-corrected chi connectivity index (χ3v) is 4.84. The normalized spacial score (nSPS) is 14.3. The molecule has 1 heterocycles. The monoisotopic (exact) mass is 320 g/mol. The van der Waals surface area contributed by atoms with Crippen molar-refractivity contribution < 1.29 is 9.90 Å². The number of anilines is 2. The molecule has 2 aromatic rings. The lowest BCUT2D eigenvalue weighted by atomic mass is 10.2. The summed E-state index contributed by atoms with van der Waals surface area (Å²) in [5, 5.41) is 10.2. The molecule has 0 unspecified atom stereocenters. The van der Waals surface area contributed by atoms with E-state index in [-0.39, 0.29) is 11.8 Å². The number of phenols is 1. The Labute approximate surface area is 132 Å². The number of halogens is 1. The minimum Gasteiger partial charge on any atom is -0.508 e. The maximum atomic E-state index is 12.5. The fourth-order valence-corrected chi connectivity index (χ4v) is 3.30. The maximum Gasteiger partial charge on any atom is 0.339 e. The number of aryl methyl sites for hydroxylation is 1. The van der Waals surface area contributed by atoms with Gasteiger partial charge in [0.15, 0.2) is 0 Å². The molecule has 1 aliphatic heterocycles. The fourth-order valence-electron chi connectivity index (χ4n) is 2.09. The van der Waals surface area contributed by atoms with Crippen LogP contribution in [-0.4, -0.2) is 18.2 Å². The first kappa shape index (κ1) is 14.1. The SMILES string of the molecule is Cc1ccc(N2Sc3ccc(O)cc3N(C)C2=O)cc1Cl. The first-order chi connectivity index (χ1) is 9.97. The van der Waals surface area contributed by atoms with Gasteiger partial charge in [0.25, 0.3) is 0 Å². The zero-order valence-electron chi connectivity index (χ0n) is 11.5. The number of hydrogen-bond acceptors (Lipinski definition) is 3. The Morgan fingerprint density at radius 3 is 2.67 bits per heavy atom. The van der Waals surface area contributed by atoms with E-state index >= 15 is 0 Å². The molecular weight excluding hydrogens is 308 g/mol. The second-order valence-electron chi connectivity index (χ2n) is 4.81. The van der Waals surface area contributed by atoms with Crippen molar-refractivity contribution in [1.29, 1.82) is 0 Å². The molecule has 0 atom stereocenters. The Hall–Kier alpha value is -1.85. The molecule has 108 valence electrons. The van der Waals surface area contributed by atoms with Crippen molar-refractivity contribution in [2.45, 2.75) is 11.8 Å². The fraction of sp³-hybridized carbons (Fsp3) is 0.133. The number of aromatic hydroxyl groups is 1. The molecule has 0 fully saturated rings. The minimum atomic E-state index is -0.182. The number of benzene rings is 2. The Morgan fingerprint density at radius 2 is 1.95 bits per heavy atom. The Morgan fingerprint density at radius 1 is 1.19 bits per heavy atom. The van der Waals surface area contributed by atoms with E-state index in [1.165, 1.54) is 16.8 Å². The Kier molecular flexibility index (Phi) is 3.47. The predicted molar refractivity (Wildman–Crippen MR) is 86.4 cm³/mol. The van der Waals surface area contributed by atoms with Crippen molar-refractivity contribution in [1.82, 2.24) is 0 Å². The van der Waals surface area contributed by atoms with Crippen molar-refractivity contribution in [2.75, 3.05) is 16.3 Å². The lowest BCUT2D eigenvalue weighted by Gasteiger charge is -2.33. The van der Waals surface area contributed by atoms with Crippen LogP contribution < -0.4 is 9.21 Å². The molecule has 4 nitrogen and oxygen atoms in total. The molecule has 0 saturated carbocycles. The van der Waals surface area contributed by atoms with E-state index in [0.717, 1.165) is 16.1 Å². The molecule has 1 aliphatic rings. The van der Waals surface area contributed by atoms with E-state index in [0.29, 0.717) is 10.7 Å². The highest BCUT2D eigenvalue weighted by molar-refractivity contribution is 8.01. The molecule has 0 aliphatic carbocycles. The van der Waals surface area contributed by atoms with Crippen molar-refractivity contribution in [3.63, 3.8) is 0 Å². The average molecular weight is 321 g/mol. The molecule has 2 aromatic carbocycles. The second kappa shape index (κ2) is 5.16. The number of rotatable bonds is 1. The van der Waals surface area contributed by atoms with Crippen LogP contribution in [0.25, 0.3) is 0 Å². The molecule has 0 spiro atoms. The highest BCUT2D eigenvalue weighted by Gasteiger charge is 2.30. The molecule has 21 heavy (non-hydrogen) atoms. The number of hydrogen-bond donors (Lipinski definition) is 1. The van der Waals surface area contributed by atoms with E-state index in [1.54, 1.807) is 35.6 Å². The van der Waals surface area contributed by atoms with Crippen LogP contribution in [0.15, 0.2) is 41.3 Å². The molecular formula is C15H13ClN2O2S. The zero-order chi connectivity index (χ0) is 15.1. The zero-order valence-corrected chi connectivity index (χ0v) is 13.1. The molecule has 1 N–H and O–H groups in total. The minimum absolute atomic E-state index is 0.140. The first-order valence-electron chi connectivity index (χ1n) is 6.32. The van der Waals surface area contributed by atoms with Crippen LogP contribution >= 0.6 is 23.5 Å². The van der Waals surface area contributed by atoms with Crippen LogP contribution in [-0.2, 0) is 0 Å². The van der Waals surface area contributed by atoms with Crippen LogP contribution in [0, 0.1) is 6.92 Å². The van der Waals surface area contributed by atoms with Crippen LogP contribution in [0.5, 0.6) is 5.75 Å². The lowest BCUT2D eigenvalue weighted by molar-refractivity contribution is 0.255. The van der Waals surface area contributed by atoms with Gasteiger partial charge in [-0.25, -0.2) is 9.10 Å². The van der Waals surface area contributed by atoms with Gasteiger partial charge in [0.05, 0.1) is 16.3 Å². The van der Waals surface area contributed by atoms with Crippen LogP contribution in [0.2, 0.25) is 5.02 Å². The van der Waals surface area contributed by atoms with Gasteiger partial charge in [-0.1, -0.05) is 17.7 Å². The summed E-state index contributed by atoms with van der Waals surface area (Å²) >= 11 is 7.46. The number of urea groups is 1. The van der Waals surface area contributed by atoms with Gasteiger partial charge in [-0.2, -0.15) is 0 Å². The van der Waals surface area contributed by atoms with Gasteiger partial charge >= 0.3 is 6.03 Å². The van der Waals surface area contributed by atoms with Crippen LogP contribution in [0.4, 0.5) is 16.2 Å². The van der Waals surface area contributed by atoms with Crippen LogP contribution in [0.3, 0.4) is 0 Å². The number of phenolic OH excluding ortho intramolecular Hbond substituents is 1.